The summed E-state index contributed by atoms with van der Waals surface area (Å²) < 4.78 is 5.89. The number of nitrogens with zero attached hydrogens (tertiary/aromatic N) is 1. The molecule has 0 fully saturated rings. The molecule has 0 saturated carbocycles. The maximum atomic E-state index is 13.5. The van der Waals surface area contributed by atoms with Gasteiger partial charge in [-0.25, -0.2) is 0 Å². The van der Waals surface area contributed by atoms with Gasteiger partial charge in [0.15, 0.2) is 0 Å². The minimum Gasteiger partial charge on any atom is -0.493 e. The predicted molar refractivity (Wildman–Crippen MR) is 144 cm³/mol. The standard InChI is InChI=1S/C29H35NO4.CH2O2/c1-4-5-6-12-21-34-27-16-11-10-15-26(27)29(32,33)30(22(2)3)28(31)25-19-17-24(18-20-25)23-13-8-7-9-14-23;2-1-3/h7-11,13-20,22,32-33H,4-6,12,21H2,1-3H3;1H,(H,2,3). The number of rotatable bonds is 11. The Morgan fingerprint density at radius 1 is 0.892 bits per heavy atom. The van der Waals surface area contributed by atoms with Gasteiger partial charge in [0.2, 0.25) is 0 Å². The lowest BCUT2D eigenvalue weighted by atomic mass is 10.0. The summed E-state index contributed by atoms with van der Waals surface area (Å²) in [6, 6.07) is 23.3. The quantitative estimate of drug-likeness (QED) is 0.176. The van der Waals surface area contributed by atoms with Crippen molar-refractivity contribution in [3.63, 3.8) is 0 Å². The zero-order valence-corrected chi connectivity index (χ0v) is 21.7. The van der Waals surface area contributed by atoms with Crippen LogP contribution in [0.3, 0.4) is 0 Å². The summed E-state index contributed by atoms with van der Waals surface area (Å²) in [5.41, 5.74) is 2.55. The molecule has 0 spiro atoms. The molecule has 0 unspecified atom stereocenters. The van der Waals surface area contributed by atoms with Crippen LogP contribution in [0.5, 0.6) is 5.75 Å². The van der Waals surface area contributed by atoms with Crippen LogP contribution in [0.2, 0.25) is 0 Å². The molecule has 0 aliphatic rings. The molecule has 0 radical (unpaired) electrons. The zero-order chi connectivity index (χ0) is 27.3. The number of hydrogen-bond donors (Lipinski definition) is 3. The van der Waals surface area contributed by atoms with Crippen LogP contribution >= 0.6 is 0 Å². The Bertz CT molecular complexity index is 1100. The second-order valence-corrected chi connectivity index (χ2v) is 8.86. The number of unbranched alkanes of at least 4 members (excludes halogenated alkanes) is 3. The summed E-state index contributed by atoms with van der Waals surface area (Å²) in [5.74, 6) is -2.65. The van der Waals surface area contributed by atoms with Crippen LogP contribution in [0.15, 0.2) is 78.9 Å². The van der Waals surface area contributed by atoms with Crippen LogP contribution in [-0.2, 0) is 10.7 Å². The van der Waals surface area contributed by atoms with Crippen LogP contribution in [-0.4, -0.2) is 45.2 Å². The summed E-state index contributed by atoms with van der Waals surface area (Å²) in [6.07, 6.45) is 4.20. The molecule has 37 heavy (non-hydrogen) atoms. The van der Waals surface area contributed by atoms with Crippen molar-refractivity contribution in [3.8, 4) is 16.9 Å². The van der Waals surface area contributed by atoms with Gasteiger partial charge >= 0.3 is 0 Å². The first kappa shape index (κ1) is 29.5. The Labute approximate surface area is 219 Å². The number of aliphatic hydroxyl groups is 2. The first-order chi connectivity index (χ1) is 17.8. The van der Waals surface area contributed by atoms with Gasteiger partial charge in [0.1, 0.15) is 5.75 Å². The summed E-state index contributed by atoms with van der Waals surface area (Å²) in [5, 5.41) is 29.5. The number of carbonyl (C=O) groups is 2. The maximum absolute atomic E-state index is 13.5. The highest BCUT2D eigenvalue weighted by atomic mass is 16.5. The third-order valence-electron chi connectivity index (χ3n) is 5.81. The van der Waals surface area contributed by atoms with E-state index < -0.39 is 17.9 Å². The normalized spacial score (nSPS) is 10.9. The van der Waals surface area contributed by atoms with Crippen LogP contribution in [0, 0.1) is 0 Å². The largest absolute Gasteiger partial charge is 0.493 e. The highest BCUT2D eigenvalue weighted by molar-refractivity contribution is 5.95. The molecule has 3 rings (SSSR count). The molecule has 0 aliphatic heterocycles. The fourth-order valence-electron chi connectivity index (χ4n) is 4.02. The van der Waals surface area contributed by atoms with Crippen molar-refractivity contribution in [2.24, 2.45) is 0 Å². The number of para-hydroxylation sites is 1. The molecule has 7 nitrogen and oxygen atoms in total. The molecule has 7 heteroatoms. The monoisotopic (exact) mass is 507 g/mol. The topological polar surface area (TPSA) is 107 Å². The second-order valence-electron chi connectivity index (χ2n) is 8.86. The van der Waals surface area contributed by atoms with E-state index in [-0.39, 0.29) is 12.0 Å². The molecule has 0 saturated heterocycles. The smallest absolute Gasteiger partial charge is 0.290 e. The number of amides is 1. The van der Waals surface area contributed by atoms with E-state index in [0.717, 1.165) is 41.7 Å². The predicted octanol–water partition coefficient (Wildman–Crippen LogP) is 5.66. The Morgan fingerprint density at radius 3 is 2.05 bits per heavy atom. The van der Waals surface area contributed by atoms with Gasteiger partial charge in [0, 0.05) is 11.6 Å². The lowest BCUT2D eigenvalue weighted by molar-refractivity contribution is -0.264. The van der Waals surface area contributed by atoms with Crippen molar-refractivity contribution < 1.29 is 29.6 Å². The van der Waals surface area contributed by atoms with E-state index >= 15 is 0 Å². The first-order valence-corrected chi connectivity index (χ1v) is 12.5. The molecule has 198 valence electrons. The van der Waals surface area contributed by atoms with Crippen LogP contribution in [0.25, 0.3) is 11.1 Å². The summed E-state index contributed by atoms with van der Waals surface area (Å²) in [7, 11) is 0. The minimum atomic E-state index is -2.54. The fourth-order valence-corrected chi connectivity index (χ4v) is 4.02. The maximum Gasteiger partial charge on any atom is 0.290 e. The third kappa shape index (κ3) is 8.17. The van der Waals surface area contributed by atoms with E-state index in [1.165, 1.54) is 0 Å². The lowest BCUT2D eigenvalue weighted by Gasteiger charge is -2.39. The Hall–Kier alpha value is -3.68. The fraction of sp³-hybridized carbons (Fsp3) is 0.333. The van der Waals surface area contributed by atoms with Crippen molar-refractivity contribution >= 4 is 12.4 Å². The van der Waals surface area contributed by atoms with Crippen molar-refractivity contribution in [1.29, 1.82) is 0 Å². The third-order valence-corrected chi connectivity index (χ3v) is 5.81. The molecular formula is C30H37NO6. The molecule has 3 aromatic carbocycles. The number of ether oxygens (including phenoxy) is 1. The van der Waals surface area contributed by atoms with E-state index in [1.54, 1.807) is 50.2 Å². The summed E-state index contributed by atoms with van der Waals surface area (Å²) >= 11 is 0. The number of hydrogen-bond acceptors (Lipinski definition) is 5. The van der Waals surface area contributed by atoms with Gasteiger partial charge in [-0.3, -0.25) is 14.5 Å². The molecule has 1 amide bonds. The average Bonchev–Trinajstić information content (AvgIpc) is 2.89. The van der Waals surface area contributed by atoms with Crippen LogP contribution in [0.4, 0.5) is 0 Å². The molecular weight excluding hydrogens is 470 g/mol. The number of carbonyl (C=O) groups excluding carboxylic acids is 1. The minimum absolute atomic E-state index is 0.147. The van der Waals surface area contributed by atoms with Crippen molar-refractivity contribution in [3.05, 3.63) is 90.0 Å². The number of benzene rings is 3. The first-order valence-electron chi connectivity index (χ1n) is 12.5. The Kier molecular flexibility index (Phi) is 11.8. The van der Waals surface area contributed by atoms with E-state index in [4.69, 9.17) is 14.6 Å². The number of carboxylic acid groups (broad SMARTS) is 1. The van der Waals surface area contributed by atoms with Gasteiger partial charge in [-0.2, -0.15) is 0 Å². The summed E-state index contributed by atoms with van der Waals surface area (Å²) in [6.45, 7) is 5.88. The van der Waals surface area contributed by atoms with Gasteiger partial charge in [0.25, 0.3) is 18.3 Å². The van der Waals surface area contributed by atoms with Crippen LogP contribution in [0.1, 0.15) is 62.4 Å². The van der Waals surface area contributed by atoms with E-state index in [0.29, 0.717) is 17.9 Å². The lowest BCUT2D eigenvalue weighted by Crippen LogP contribution is -2.53. The SMILES string of the molecule is CCCCCCOc1ccccc1C(O)(O)N(C(=O)c1ccc(-c2ccccc2)cc1)C(C)C.O=CO. The van der Waals surface area contributed by atoms with Crippen molar-refractivity contribution in [1.82, 2.24) is 4.90 Å². The van der Waals surface area contributed by atoms with E-state index in [1.807, 2.05) is 42.5 Å². The highest BCUT2D eigenvalue weighted by Crippen LogP contribution is 2.34. The molecule has 0 heterocycles. The van der Waals surface area contributed by atoms with Gasteiger partial charge in [-0.15, -0.1) is 0 Å². The molecule has 3 N–H and O–H groups in total. The van der Waals surface area contributed by atoms with E-state index in [2.05, 4.69) is 6.92 Å². The van der Waals surface area contributed by atoms with E-state index in [9.17, 15) is 15.0 Å². The highest BCUT2D eigenvalue weighted by Gasteiger charge is 2.42. The average molecular weight is 508 g/mol. The Balaban J connectivity index is 0.00000153. The summed E-state index contributed by atoms with van der Waals surface area (Å²) in [4.78, 5) is 22.9. The molecule has 0 bridgehead atoms. The molecule has 0 aromatic heterocycles. The molecule has 0 atom stereocenters. The van der Waals surface area contributed by atoms with Gasteiger partial charge in [-0.05, 0) is 55.7 Å². The molecule has 0 aliphatic carbocycles. The molecule has 3 aromatic rings. The van der Waals surface area contributed by atoms with Crippen molar-refractivity contribution in [2.75, 3.05) is 6.61 Å². The zero-order valence-electron chi connectivity index (χ0n) is 21.7. The van der Waals surface area contributed by atoms with Crippen LogP contribution < -0.4 is 4.74 Å². The Morgan fingerprint density at radius 2 is 1.46 bits per heavy atom. The van der Waals surface area contributed by atoms with Gasteiger partial charge in [-0.1, -0.05) is 80.8 Å². The van der Waals surface area contributed by atoms with Crippen molar-refractivity contribution in [2.45, 2.75) is 58.4 Å². The van der Waals surface area contributed by atoms with Gasteiger partial charge in [0.05, 0.1) is 12.2 Å². The second kappa shape index (κ2) is 14.8. The van der Waals surface area contributed by atoms with Gasteiger partial charge < -0.3 is 20.1 Å².